The number of aromatic nitrogens is 2. The number of aliphatic hydroxyl groups is 1. The highest BCUT2D eigenvalue weighted by molar-refractivity contribution is 6.31. The van der Waals surface area contributed by atoms with Gasteiger partial charge in [0.1, 0.15) is 17.9 Å². The average molecular weight is 567 g/mol. The average Bonchev–Trinajstić information content (AvgIpc) is 2.95. The molecule has 1 aromatic heterocycles. The minimum Gasteiger partial charge on any atom is -0.489 e. The highest BCUT2D eigenvalue weighted by Gasteiger charge is 2.64. The Labute approximate surface area is 241 Å². The summed E-state index contributed by atoms with van der Waals surface area (Å²) in [5.74, 6) is 1.04. The van der Waals surface area contributed by atoms with E-state index in [1.165, 1.54) is 0 Å². The fourth-order valence-corrected chi connectivity index (χ4v) is 7.31. The second kappa shape index (κ2) is 11.2. The summed E-state index contributed by atoms with van der Waals surface area (Å²) in [6.45, 7) is 11.9. The number of ether oxygens (including phenoxy) is 1. The van der Waals surface area contributed by atoms with Crippen LogP contribution in [0.4, 0.5) is 5.95 Å². The van der Waals surface area contributed by atoms with Crippen LogP contribution in [0.5, 0.6) is 5.75 Å². The van der Waals surface area contributed by atoms with Crippen molar-refractivity contribution in [1.29, 1.82) is 5.26 Å². The van der Waals surface area contributed by atoms with Gasteiger partial charge in [-0.25, -0.2) is 9.97 Å². The van der Waals surface area contributed by atoms with Gasteiger partial charge >= 0.3 is 0 Å². The largest absolute Gasteiger partial charge is 0.489 e. The smallest absolute Gasteiger partial charge is 0.254 e. The van der Waals surface area contributed by atoms with Gasteiger partial charge in [-0.2, -0.15) is 5.26 Å². The number of hydrogen-bond donors (Lipinski definition) is 2. The van der Waals surface area contributed by atoms with Crippen molar-refractivity contribution in [2.75, 3.05) is 31.1 Å². The molecular weight excluding hydrogens is 528 g/mol. The van der Waals surface area contributed by atoms with Gasteiger partial charge in [0.2, 0.25) is 5.95 Å². The molecule has 0 spiro atoms. The second-order valence-electron chi connectivity index (χ2n) is 12.6. The summed E-state index contributed by atoms with van der Waals surface area (Å²) in [5, 5.41) is 22.5. The molecule has 1 aromatic carbocycles. The highest BCUT2D eigenvalue weighted by atomic mass is 35.5. The van der Waals surface area contributed by atoms with Crippen LogP contribution < -0.4 is 15.0 Å². The molecule has 2 aliphatic heterocycles. The number of aliphatic hydroxyl groups excluding tert-OH is 1. The summed E-state index contributed by atoms with van der Waals surface area (Å²) < 4.78 is 6.33. The number of likely N-dealkylation sites (tertiary alicyclic amines) is 1. The summed E-state index contributed by atoms with van der Waals surface area (Å²) >= 11 is 6.20. The van der Waals surface area contributed by atoms with Crippen LogP contribution in [0.2, 0.25) is 5.02 Å². The van der Waals surface area contributed by atoms with E-state index in [0.717, 1.165) is 51.9 Å². The Balaban J connectivity index is 1.20. The predicted molar refractivity (Wildman–Crippen MR) is 153 cm³/mol. The molecule has 0 bridgehead atoms. The highest BCUT2D eigenvalue weighted by Crippen LogP contribution is 2.55. The molecule has 0 radical (unpaired) electrons. The molecule has 5 rings (SSSR count). The zero-order valence-corrected chi connectivity index (χ0v) is 24.5. The molecule has 1 aliphatic carbocycles. The van der Waals surface area contributed by atoms with Crippen molar-refractivity contribution in [1.82, 2.24) is 20.2 Å². The minimum atomic E-state index is -0.354. The van der Waals surface area contributed by atoms with Crippen molar-refractivity contribution in [2.45, 2.75) is 77.7 Å². The molecule has 3 heterocycles. The van der Waals surface area contributed by atoms with Crippen LogP contribution in [0.1, 0.15) is 69.3 Å². The van der Waals surface area contributed by atoms with E-state index in [0.29, 0.717) is 33.9 Å². The maximum absolute atomic E-state index is 13.3. The summed E-state index contributed by atoms with van der Waals surface area (Å²) in [5.41, 5.74) is 0.126. The lowest BCUT2D eigenvalue weighted by molar-refractivity contribution is -0.164. The maximum atomic E-state index is 13.3. The molecular formula is C30H39ClN6O3. The SMILES string of the molecule is CC1(C)C(NC(=O)c2cnc(N3CCC[C@H](N4CCC(O)CC4)C3)nc2)C(C)(C)C1Oc1ccc(C#N)c(Cl)c1. The first-order chi connectivity index (χ1) is 19.0. The van der Waals surface area contributed by atoms with Gasteiger partial charge in [0.25, 0.3) is 5.91 Å². The standard InChI is InChI=1S/C30H39ClN6O3/c1-29(2)26(30(3,4)27(29)40-23-8-7-19(15-32)24(31)14-23)35-25(39)20-16-33-28(34-17-20)37-11-5-6-21(18-37)36-12-9-22(38)10-13-36/h7-8,14,16-17,21-22,26-27,38H,5-6,9-13,18H2,1-4H3,(H,35,39)/t21-,26?,27?/m0/s1. The van der Waals surface area contributed by atoms with E-state index in [1.807, 2.05) is 0 Å². The van der Waals surface area contributed by atoms with Crippen LogP contribution in [0, 0.1) is 22.2 Å². The second-order valence-corrected chi connectivity index (χ2v) is 13.0. The number of amides is 1. The van der Waals surface area contributed by atoms with Crippen molar-refractivity contribution in [3.05, 3.63) is 46.7 Å². The lowest BCUT2D eigenvalue weighted by Gasteiger charge is -2.63. The van der Waals surface area contributed by atoms with Crippen LogP contribution in [0.25, 0.3) is 0 Å². The zero-order chi connectivity index (χ0) is 28.7. The Hall–Kier alpha value is -2.93. The minimum absolute atomic E-state index is 0.142. The Morgan fingerprint density at radius 3 is 2.42 bits per heavy atom. The third-order valence-corrected chi connectivity index (χ3v) is 9.34. The Morgan fingerprint density at radius 2 is 1.80 bits per heavy atom. The zero-order valence-electron chi connectivity index (χ0n) is 23.7. The van der Waals surface area contributed by atoms with Crippen molar-refractivity contribution >= 4 is 23.5 Å². The van der Waals surface area contributed by atoms with Gasteiger partial charge in [-0.05, 0) is 37.8 Å². The molecule has 9 nitrogen and oxygen atoms in total. The van der Waals surface area contributed by atoms with E-state index in [2.05, 4.69) is 58.8 Å². The third-order valence-electron chi connectivity index (χ3n) is 9.03. The van der Waals surface area contributed by atoms with Crippen LogP contribution in [-0.2, 0) is 0 Å². The number of nitrogens with zero attached hydrogens (tertiary/aromatic N) is 5. The number of carbonyl (C=O) groups is 1. The molecule has 0 unspecified atom stereocenters. The van der Waals surface area contributed by atoms with E-state index in [-0.39, 0.29) is 35.0 Å². The number of carbonyl (C=O) groups excluding carboxylic acids is 1. The van der Waals surface area contributed by atoms with Crippen molar-refractivity contribution in [2.24, 2.45) is 10.8 Å². The molecule has 3 fully saturated rings. The number of hydrogen-bond acceptors (Lipinski definition) is 8. The Morgan fingerprint density at radius 1 is 1.12 bits per heavy atom. The van der Waals surface area contributed by atoms with Crippen LogP contribution in [-0.4, -0.2) is 76.4 Å². The third kappa shape index (κ3) is 5.50. The first kappa shape index (κ1) is 28.6. The number of nitrogens with one attached hydrogen (secondary N) is 1. The van der Waals surface area contributed by atoms with Crippen LogP contribution >= 0.6 is 11.6 Å². The fourth-order valence-electron chi connectivity index (χ4n) is 7.10. The van der Waals surface area contributed by atoms with Gasteiger partial charge in [-0.15, -0.1) is 0 Å². The first-order valence-corrected chi connectivity index (χ1v) is 14.5. The number of benzene rings is 1. The summed E-state index contributed by atoms with van der Waals surface area (Å²) in [4.78, 5) is 27.1. The van der Waals surface area contributed by atoms with E-state index in [9.17, 15) is 9.90 Å². The van der Waals surface area contributed by atoms with Gasteiger partial charge in [0, 0.05) is 67.6 Å². The fraction of sp³-hybridized carbons (Fsp3) is 0.600. The normalized spacial score (nSPS) is 26.4. The Kier molecular flexibility index (Phi) is 7.97. The van der Waals surface area contributed by atoms with Crippen LogP contribution in [0.3, 0.4) is 0 Å². The Bertz CT molecular complexity index is 1250. The number of anilines is 1. The first-order valence-electron chi connectivity index (χ1n) is 14.2. The van der Waals surface area contributed by atoms with E-state index >= 15 is 0 Å². The molecule has 1 amide bonds. The number of nitriles is 1. The summed E-state index contributed by atoms with van der Waals surface area (Å²) in [6.07, 6.45) is 6.76. The summed E-state index contributed by atoms with van der Waals surface area (Å²) in [7, 11) is 0. The lowest BCUT2D eigenvalue weighted by Crippen LogP contribution is -2.74. The van der Waals surface area contributed by atoms with Gasteiger partial charge in [0.15, 0.2) is 0 Å². The molecule has 1 saturated carbocycles. The van der Waals surface area contributed by atoms with E-state index in [1.54, 1.807) is 30.6 Å². The maximum Gasteiger partial charge on any atom is 0.254 e. The predicted octanol–water partition coefficient (Wildman–Crippen LogP) is 4.04. The van der Waals surface area contributed by atoms with Crippen molar-refractivity contribution in [3.8, 4) is 11.8 Å². The molecule has 2 N–H and O–H groups in total. The molecule has 2 saturated heterocycles. The van der Waals surface area contributed by atoms with Gasteiger partial charge in [-0.3, -0.25) is 9.69 Å². The van der Waals surface area contributed by atoms with E-state index < -0.39 is 0 Å². The monoisotopic (exact) mass is 566 g/mol. The van der Waals surface area contributed by atoms with E-state index in [4.69, 9.17) is 21.6 Å². The van der Waals surface area contributed by atoms with Gasteiger partial charge < -0.3 is 20.1 Å². The molecule has 1 atom stereocenters. The molecule has 214 valence electrons. The van der Waals surface area contributed by atoms with Gasteiger partial charge in [0.05, 0.1) is 22.3 Å². The number of rotatable bonds is 6. The van der Waals surface area contributed by atoms with Crippen LogP contribution in [0.15, 0.2) is 30.6 Å². The number of piperidine rings is 2. The lowest BCUT2D eigenvalue weighted by atomic mass is 9.49. The quantitative estimate of drug-likeness (QED) is 0.538. The summed E-state index contributed by atoms with van der Waals surface area (Å²) in [6, 6.07) is 7.43. The van der Waals surface area contributed by atoms with Crippen molar-refractivity contribution < 1.29 is 14.6 Å². The molecule has 2 aromatic rings. The molecule has 40 heavy (non-hydrogen) atoms. The topological polar surface area (TPSA) is 115 Å². The van der Waals surface area contributed by atoms with Gasteiger partial charge in [-0.1, -0.05) is 39.3 Å². The molecule has 10 heteroatoms. The molecule has 3 aliphatic rings. The number of halogens is 1. The van der Waals surface area contributed by atoms with Crippen molar-refractivity contribution in [3.63, 3.8) is 0 Å².